The average molecular weight is 500 g/mol. The van der Waals surface area contributed by atoms with Gasteiger partial charge in [0.2, 0.25) is 0 Å². The molecule has 15 heteroatoms. The molecular weight excluding hydrogens is 482 g/mol. The van der Waals surface area contributed by atoms with Crippen LogP contribution >= 0.6 is 0 Å². The first kappa shape index (κ1) is 27.2. The van der Waals surface area contributed by atoms with E-state index in [1.165, 1.54) is 27.7 Å². The minimum absolute atomic E-state index is 0.0351. The molecule has 0 aliphatic rings. The topological polar surface area (TPSA) is 115 Å². The van der Waals surface area contributed by atoms with Gasteiger partial charge in [-0.3, -0.25) is 9.35 Å². The third-order valence-electron chi connectivity index (χ3n) is 4.11. The molecule has 7 nitrogen and oxygen atoms in total. The van der Waals surface area contributed by atoms with Gasteiger partial charge in [-0.2, -0.15) is 43.2 Å². The second-order valence-corrected chi connectivity index (χ2v) is 10.1. The van der Waals surface area contributed by atoms with Gasteiger partial charge in [0, 0.05) is 5.56 Å². The van der Waals surface area contributed by atoms with Gasteiger partial charge in [-0.25, -0.2) is 0 Å². The van der Waals surface area contributed by atoms with Gasteiger partial charge < -0.3 is 4.18 Å². The monoisotopic (exact) mass is 500 g/mol. The number of hydrogen-bond acceptors (Lipinski definition) is 6. The predicted molar refractivity (Wildman–Crippen MR) is 95.9 cm³/mol. The quantitative estimate of drug-likeness (QED) is 0.234. The molecule has 1 rings (SSSR count). The number of carbonyl (C=O) groups is 1. The van der Waals surface area contributed by atoms with Crippen LogP contribution in [0.3, 0.4) is 0 Å². The summed E-state index contributed by atoms with van der Waals surface area (Å²) in [6.07, 6.45) is 0.339. The summed E-state index contributed by atoms with van der Waals surface area (Å²) in [5.41, 5.74) is -0.429. The summed E-state index contributed by atoms with van der Waals surface area (Å²) in [6.45, 7) is 5.64. The molecule has 0 heterocycles. The minimum atomic E-state index is -7.15. The molecule has 178 valence electrons. The van der Waals surface area contributed by atoms with E-state index in [-0.39, 0.29) is 16.7 Å². The molecule has 0 bridgehead atoms. The molecule has 1 aromatic carbocycles. The Labute approximate surface area is 174 Å². The van der Waals surface area contributed by atoms with E-state index in [1.54, 1.807) is 0 Å². The number of carbonyl (C=O) groups excluding carboxylic acids is 1. The maximum atomic E-state index is 14.1. The number of rotatable bonds is 9. The van der Waals surface area contributed by atoms with E-state index >= 15 is 0 Å². The van der Waals surface area contributed by atoms with Crippen LogP contribution in [0.15, 0.2) is 12.1 Å². The Balaban J connectivity index is 3.78. The lowest BCUT2D eigenvalue weighted by Gasteiger charge is -2.30. The van der Waals surface area contributed by atoms with Crippen molar-refractivity contribution in [1.82, 2.24) is 0 Å². The zero-order valence-electron chi connectivity index (χ0n) is 16.4. The Morgan fingerprint density at radius 3 is 1.55 bits per heavy atom. The van der Waals surface area contributed by atoms with Crippen LogP contribution in [0.1, 0.15) is 61.0 Å². The highest BCUT2D eigenvalue weighted by molar-refractivity contribution is 7.88. The van der Waals surface area contributed by atoms with Crippen molar-refractivity contribution in [3.63, 3.8) is 0 Å². The molecule has 0 spiro atoms. The lowest BCUT2D eigenvalue weighted by molar-refractivity contribution is -0.247. The second kappa shape index (κ2) is 8.24. The summed E-state index contributed by atoms with van der Waals surface area (Å²) in [6, 6.07) is 2.05. The van der Waals surface area contributed by atoms with Gasteiger partial charge >= 0.3 is 36.7 Å². The van der Waals surface area contributed by atoms with Gasteiger partial charge in [-0.05, 0) is 35.1 Å². The normalized spacial score (nSPS) is 14.2. The fourth-order valence-electron chi connectivity index (χ4n) is 2.37. The third-order valence-corrected chi connectivity index (χ3v) is 6.29. The van der Waals surface area contributed by atoms with Gasteiger partial charge in [0.15, 0.2) is 0 Å². The highest BCUT2D eigenvalue weighted by Gasteiger charge is 2.83. The maximum Gasteiger partial charge on any atom is 0.450 e. The Hall–Kier alpha value is -1.87. The molecule has 0 unspecified atom stereocenters. The van der Waals surface area contributed by atoms with Crippen LogP contribution < -0.4 is 4.18 Å². The SMILES string of the molecule is CC(C)c1cc(C=O)cc(C(C)C)c1OS(=O)(=O)C(F)(F)C(F)(F)C(F)(F)S(=O)(=O)O. The molecular formula is C16H18F6O7S2. The first-order chi connectivity index (χ1) is 13.7. The van der Waals surface area contributed by atoms with Crippen LogP contribution in [0.4, 0.5) is 26.3 Å². The minimum Gasteiger partial charge on any atom is -0.377 e. The summed E-state index contributed by atoms with van der Waals surface area (Å²) in [7, 11) is -14.1. The van der Waals surface area contributed by atoms with Gasteiger partial charge in [0.05, 0.1) is 0 Å². The molecule has 31 heavy (non-hydrogen) atoms. The Morgan fingerprint density at radius 1 is 0.871 bits per heavy atom. The van der Waals surface area contributed by atoms with E-state index in [4.69, 9.17) is 4.55 Å². The molecule has 0 aliphatic carbocycles. The molecule has 0 fully saturated rings. The summed E-state index contributed by atoms with van der Waals surface area (Å²) in [5, 5.41) is -13.7. The van der Waals surface area contributed by atoms with Crippen LogP contribution in [-0.2, 0) is 20.2 Å². The van der Waals surface area contributed by atoms with Gasteiger partial charge in [-0.1, -0.05) is 27.7 Å². The molecule has 1 aromatic rings. The molecule has 0 aromatic heterocycles. The molecule has 0 saturated carbocycles. The van der Waals surface area contributed by atoms with E-state index in [0.717, 1.165) is 12.1 Å². The van der Waals surface area contributed by atoms with Crippen LogP contribution in [0.25, 0.3) is 0 Å². The zero-order chi connectivity index (χ0) is 24.8. The second-order valence-electron chi connectivity index (χ2n) is 7.08. The van der Waals surface area contributed by atoms with Gasteiger partial charge in [0.25, 0.3) is 0 Å². The smallest absolute Gasteiger partial charge is 0.377 e. The lowest BCUT2D eigenvalue weighted by Crippen LogP contribution is -2.61. The van der Waals surface area contributed by atoms with Crippen molar-refractivity contribution in [3.8, 4) is 5.75 Å². The van der Waals surface area contributed by atoms with Crippen molar-refractivity contribution in [1.29, 1.82) is 0 Å². The molecule has 1 N–H and O–H groups in total. The number of alkyl halides is 6. The highest BCUT2D eigenvalue weighted by atomic mass is 32.2. The van der Waals surface area contributed by atoms with E-state index < -0.39 is 54.3 Å². The van der Waals surface area contributed by atoms with Crippen LogP contribution in [-0.4, -0.2) is 44.1 Å². The third kappa shape index (κ3) is 4.53. The molecule has 0 saturated heterocycles. The predicted octanol–water partition coefficient (Wildman–Crippen LogP) is 4.16. The molecule has 0 amide bonds. The number of hydrogen-bond donors (Lipinski definition) is 1. The van der Waals surface area contributed by atoms with E-state index in [0.29, 0.717) is 6.29 Å². The molecule has 0 atom stereocenters. The fourth-order valence-corrected chi connectivity index (χ4v) is 3.85. The summed E-state index contributed by atoms with van der Waals surface area (Å²) in [5.74, 6) is -9.45. The fraction of sp³-hybridized carbons (Fsp3) is 0.562. The summed E-state index contributed by atoms with van der Waals surface area (Å²) < 4.78 is 140. The van der Waals surface area contributed by atoms with Crippen molar-refractivity contribution < 1.29 is 56.7 Å². The van der Waals surface area contributed by atoms with Crippen LogP contribution in [0.5, 0.6) is 5.75 Å². The Kier molecular flexibility index (Phi) is 7.22. The number of aldehydes is 1. The summed E-state index contributed by atoms with van der Waals surface area (Å²) >= 11 is 0. The van der Waals surface area contributed by atoms with Gasteiger partial charge in [-0.15, -0.1) is 0 Å². The highest BCUT2D eigenvalue weighted by Crippen LogP contribution is 2.51. The lowest BCUT2D eigenvalue weighted by atomic mass is 9.92. The van der Waals surface area contributed by atoms with Crippen molar-refractivity contribution in [2.45, 2.75) is 56.0 Å². The standard InChI is InChI=1S/C16H18F6O7S2/c1-8(2)11-5-10(7-23)6-12(9(3)4)13(11)29-31(27,28)16(21,22)14(17,18)15(19,20)30(24,25)26/h5-9H,1-4H3,(H,24,25,26). The van der Waals surface area contributed by atoms with Gasteiger partial charge in [0.1, 0.15) is 12.0 Å². The van der Waals surface area contributed by atoms with Crippen molar-refractivity contribution in [2.75, 3.05) is 0 Å². The Bertz CT molecular complexity index is 1030. The van der Waals surface area contributed by atoms with E-state index in [1.807, 2.05) is 0 Å². The van der Waals surface area contributed by atoms with Crippen molar-refractivity contribution >= 4 is 26.5 Å². The van der Waals surface area contributed by atoms with Crippen molar-refractivity contribution in [2.24, 2.45) is 0 Å². The largest absolute Gasteiger partial charge is 0.450 e. The molecule has 0 radical (unpaired) electrons. The van der Waals surface area contributed by atoms with Crippen LogP contribution in [0.2, 0.25) is 0 Å². The Morgan fingerprint density at radius 2 is 1.26 bits per heavy atom. The number of benzene rings is 1. The number of halogens is 6. The zero-order valence-corrected chi connectivity index (χ0v) is 18.0. The first-order valence-electron chi connectivity index (χ1n) is 8.33. The van der Waals surface area contributed by atoms with E-state index in [2.05, 4.69) is 4.18 Å². The maximum absolute atomic E-state index is 14.1. The first-order valence-corrected chi connectivity index (χ1v) is 11.2. The van der Waals surface area contributed by atoms with Crippen molar-refractivity contribution in [3.05, 3.63) is 28.8 Å². The summed E-state index contributed by atoms with van der Waals surface area (Å²) in [4.78, 5) is 11.1. The average Bonchev–Trinajstić information content (AvgIpc) is 2.59. The van der Waals surface area contributed by atoms with Crippen LogP contribution in [0, 0.1) is 0 Å². The molecule has 0 aliphatic heterocycles. The van der Waals surface area contributed by atoms with E-state index in [9.17, 15) is 48.0 Å².